The van der Waals surface area contributed by atoms with E-state index in [-0.39, 0.29) is 30.8 Å². The summed E-state index contributed by atoms with van der Waals surface area (Å²) in [5.74, 6) is -0.444. The molecule has 1 aromatic carbocycles. The van der Waals surface area contributed by atoms with Crippen LogP contribution in [0.5, 0.6) is 0 Å². The van der Waals surface area contributed by atoms with Gasteiger partial charge in [-0.25, -0.2) is 0 Å². The number of anilines is 2. The predicted molar refractivity (Wildman–Crippen MR) is 91.9 cm³/mol. The maximum absolute atomic E-state index is 12.9. The van der Waals surface area contributed by atoms with Crippen molar-refractivity contribution in [3.05, 3.63) is 24.3 Å². The normalized spacial score (nSPS) is 16.0. The molecule has 7 heteroatoms. The molecule has 0 saturated carbocycles. The van der Waals surface area contributed by atoms with Gasteiger partial charge in [0.05, 0.1) is 17.9 Å². The number of nitrogens with zero attached hydrogens (tertiary/aromatic N) is 1. The highest BCUT2D eigenvalue weighted by atomic mass is 16.2. The highest BCUT2D eigenvalue weighted by Crippen LogP contribution is 2.29. The fraction of sp³-hybridized carbons (Fsp3) is 0.471. The Labute approximate surface area is 142 Å². The number of amides is 3. The average molecular weight is 333 g/mol. The Morgan fingerprint density at radius 2 is 2.04 bits per heavy atom. The quantitative estimate of drug-likeness (QED) is 0.650. The van der Waals surface area contributed by atoms with Crippen molar-refractivity contribution in [1.29, 1.82) is 0 Å². The van der Waals surface area contributed by atoms with Gasteiger partial charge < -0.3 is 15.5 Å². The number of carbonyl (C=O) groups is 3. The van der Waals surface area contributed by atoms with Crippen LogP contribution in [0.2, 0.25) is 0 Å². The van der Waals surface area contributed by atoms with E-state index < -0.39 is 6.04 Å². The second-order valence-electron chi connectivity index (χ2n) is 5.85. The van der Waals surface area contributed by atoms with Crippen molar-refractivity contribution >= 4 is 29.1 Å². The summed E-state index contributed by atoms with van der Waals surface area (Å²) < 4.78 is 0. The van der Waals surface area contributed by atoms with E-state index in [9.17, 15) is 14.4 Å². The fourth-order valence-electron chi connectivity index (χ4n) is 2.89. The Morgan fingerprint density at radius 1 is 1.33 bits per heavy atom. The van der Waals surface area contributed by atoms with E-state index in [1.165, 1.54) is 4.90 Å². The lowest BCUT2D eigenvalue weighted by atomic mass is 10.1. The molecule has 0 bridgehead atoms. The average Bonchev–Trinajstić information content (AvgIpc) is 2.57. The molecule has 1 heterocycles. The van der Waals surface area contributed by atoms with Crippen LogP contribution in [0.15, 0.2) is 24.3 Å². The Kier molecular flexibility index (Phi) is 5.92. The summed E-state index contributed by atoms with van der Waals surface area (Å²) >= 11 is 0. The molecule has 130 valence electrons. The minimum absolute atomic E-state index is 0.00165. The first-order valence-corrected chi connectivity index (χ1v) is 8.29. The molecular weight excluding hydrogens is 308 g/mol. The molecule has 1 unspecified atom stereocenters. The van der Waals surface area contributed by atoms with Crippen LogP contribution < -0.4 is 20.4 Å². The third-order valence-electron chi connectivity index (χ3n) is 4.24. The van der Waals surface area contributed by atoms with E-state index in [2.05, 4.69) is 10.6 Å². The maximum atomic E-state index is 12.9. The first-order chi connectivity index (χ1) is 11.5. The van der Waals surface area contributed by atoms with Crippen LogP contribution in [0.4, 0.5) is 11.4 Å². The van der Waals surface area contributed by atoms with Gasteiger partial charge in [0.25, 0.3) is 11.8 Å². The number of fused-ring (bicyclic) bond motifs is 1. The van der Waals surface area contributed by atoms with E-state index in [0.717, 1.165) is 4.90 Å². The van der Waals surface area contributed by atoms with Crippen LogP contribution in [-0.2, 0) is 14.4 Å². The number of likely N-dealkylation sites (N-methyl/N-ethyl adjacent to an activating group) is 2. The van der Waals surface area contributed by atoms with Crippen molar-refractivity contribution < 1.29 is 19.3 Å². The van der Waals surface area contributed by atoms with Crippen molar-refractivity contribution in [1.82, 2.24) is 5.32 Å². The Hall–Kier alpha value is -2.41. The monoisotopic (exact) mass is 333 g/mol. The van der Waals surface area contributed by atoms with Gasteiger partial charge in [0, 0.05) is 6.54 Å². The fourth-order valence-corrected chi connectivity index (χ4v) is 2.89. The van der Waals surface area contributed by atoms with Gasteiger partial charge in [-0.2, -0.15) is 0 Å². The van der Waals surface area contributed by atoms with Crippen molar-refractivity contribution in [3.8, 4) is 0 Å². The van der Waals surface area contributed by atoms with Crippen molar-refractivity contribution in [3.63, 3.8) is 0 Å². The van der Waals surface area contributed by atoms with Crippen LogP contribution >= 0.6 is 0 Å². The molecule has 24 heavy (non-hydrogen) atoms. The SMILES string of the molecule is CCNC(=O)C[NH+](CC)[C@H](C)C(=O)N1CC(=O)Nc2ccccc21. The molecule has 0 aliphatic carbocycles. The van der Waals surface area contributed by atoms with Gasteiger partial charge in [-0.3, -0.25) is 19.3 Å². The smallest absolute Gasteiger partial charge is 0.285 e. The summed E-state index contributed by atoms with van der Waals surface area (Å²) in [4.78, 5) is 39.1. The first kappa shape index (κ1) is 17.9. The standard InChI is InChI=1S/C17H24N4O3/c1-4-18-15(22)10-20(5-2)12(3)17(24)21-11-16(23)19-13-8-6-7-9-14(13)21/h6-9,12H,4-5,10-11H2,1-3H3,(H,18,22)(H,19,23)/p+1/t12-/m1/s1. The molecule has 0 radical (unpaired) electrons. The van der Waals surface area contributed by atoms with Gasteiger partial charge in [-0.05, 0) is 32.9 Å². The van der Waals surface area contributed by atoms with Crippen molar-refractivity contribution in [2.24, 2.45) is 0 Å². The number of benzene rings is 1. The van der Waals surface area contributed by atoms with Gasteiger partial charge in [0.2, 0.25) is 5.91 Å². The minimum Gasteiger partial charge on any atom is -0.351 e. The van der Waals surface area contributed by atoms with E-state index in [4.69, 9.17) is 0 Å². The molecule has 1 aliphatic rings. The summed E-state index contributed by atoms with van der Waals surface area (Å²) in [6, 6.07) is 6.82. The van der Waals surface area contributed by atoms with E-state index in [1.807, 2.05) is 32.0 Å². The first-order valence-electron chi connectivity index (χ1n) is 8.29. The zero-order valence-electron chi connectivity index (χ0n) is 14.4. The molecule has 1 aliphatic heterocycles. The molecular formula is C17H25N4O3+. The largest absolute Gasteiger partial charge is 0.351 e. The minimum atomic E-state index is -0.420. The molecule has 7 nitrogen and oxygen atoms in total. The molecule has 3 amide bonds. The number of para-hydroxylation sites is 2. The number of carbonyl (C=O) groups excluding carboxylic acids is 3. The zero-order chi connectivity index (χ0) is 17.7. The van der Waals surface area contributed by atoms with Crippen LogP contribution in [0.3, 0.4) is 0 Å². The lowest BCUT2D eigenvalue weighted by Crippen LogP contribution is -3.17. The molecule has 0 fully saturated rings. The lowest BCUT2D eigenvalue weighted by molar-refractivity contribution is -0.904. The summed E-state index contributed by atoms with van der Waals surface area (Å²) in [5.41, 5.74) is 1.33. The molecule has 0 saturated heterocycles. The number of hydrogen-bond donors (Lipinski definition) is 3. The predicted octanol–water partition coefficient (Wildman–Crippen LogP) is -0.599. The van der Waals surface area contributed by atoms with Gasteiger partial charge in [-0.1, -0.05) is 12.1 Å². The topological polar surface area (TPSA) is 83.0 Å². The van der Waals surface area contributed by atoms with E-state index >= 15 is 0 Å². The van der Waals surface area contributed by atoms with Crippen LogP contribution in [0.25, 0.3) is 0 Å². The second-order valence-corrected chi connectivity index (χ2v) is 5.85. The Bertz CT molecular complexity index is 632. The van der Waals surface area contributed by atoms with Gasteiger partial charge in [-0.15, -0.1) is 0 Å². The summed E-state index contributed by atoms with van der Waals surface area (Å²) in [6.07, 6.45) is 0. The second kappa shape index (κ2) is 7.92. The maximum Gasteiger partial charge on any atom is 0.285 e. The number of hydrogen-bond acceptors (Lipinski definition) is 3. The van der Waals surface area contributed by atoms with Crippen molar-refractivity contribution in [2.75, 3.05) is 36.4 Å². The van der Waals surface area contributed by atoms with Crippen LogP contribution in [0.1, 0.15) is 20.8 Å². The van der Waals surface area contributed by atoms with Crippen molar-refractivity contribution in [2.45, 2.75) is 26.8 Å². The Morgan fingerprint density at radius 3 is 2.71 bits per heavy atom. The van der Waals surface area contributed by atoms with Gasteiger partial charge in [0.1, 0.15) is 6.54 Å². The van der Waals surface area contributed by atoms with Gasteiger partial charge >= 0.3 is 0 Å². The highest BCUT2D eigenvalue weighted by Gasteiger charge is 2.34. The van der Waals surface area contributed by atoms with E-state index in [1.54, 1.807) is 13.0 Å². The Balaban J connectivity index is 2.17. The molecule has 2 atom stereocenters. The van der Waals surface area contributed by atoms with E-state index in [0.29, 0.717) is 24.5 Å². The van der Waals surface area contributed by atoms with Crippen LogP contribution in [0, 0.1) is 0 Å². The van der Waals surface area contributed by atoms with Crippen LogP contribution in [-0.4, -0.2) is 49.9 Å². The summed E-state index contributed by atoms with van der Waals surface area (Å²) in [6.45, 7) is 7.05. The third-order valence-corrected chi connectivity index (χ3v) is 4.24. The molecule has 3 N–H and O–H groups in total. The third kappa shape index (κ3) is 3.91. The molecule has 2 rings (SSSR count). The lowest BCUT2D eigenvalue weighted by Gasteiger charge is -2.32. The number of rotatable bonds is 6. The van der Waals surface area contributed by atoms with Gasteiger partial charge in [0.15, 0.2) is 12.6 Å². The molecule has 0 spiro atoms. The summed E-state index contributed by atoms with van der Waals surface area (Å²) in [5, 5.41) is 5.53. The number of nitrogens with one attached hydrogen (secondary N) is 3. The number of quaternary nitrogens is 1. The zero-order valence-corrected chi connectivity index (χ0v) is 14.4. The highest BCUT2D eigenvalue weighted by molar-refractivity contribution is 6.10. The summed E-state index contributed by atoms with van der Waals surface area (Å²) in [7, 11) is 0. The molecule has 0 aromatic heterocycles. The molecule has 1 aromatic rings.